The van der Waals surface area contributed by atoms with E-state index in [-0.39, 0.29) is 5.54 Å². The average Bonchev–Trinajstić information content (AvgIpc) is 2.02. The zero-order chi connectivity index (χ0) is 13.6. The molecule has 0 aromatic heterocycles. The monoisotopic (exact) mass is 231 g/mol. The third-order valence-corrected chi connectivity index (χ3v) is 2.63. The van der Waals surface area contributed by atoms with Gasteiger partial charge in [0.1, 0.15) is 0 Å². The molecular formula is C13H29NO2. The van der Waals surface area contributed by atoms with E-state index < -0.39 is 11.4 Å². The molecule has 0 aromatic rings. The fourth-order valence-corrected chi connectivity index (χ4v) is 0.805. The number of aliphatic carboxylic acids is 1. The minimum absolute atomic E-state index is 0.00993. The summed E-state index contributed by atoms with van der Waals surface area (Å²) in [5.74, 6) is -0.116. The van der Waals surface area contributed by atoms with Crippen molar-refractivity contribution in [2.24, 2.45) is 17.1 Å². The van der Waals surface area contributed by atoms with Gasteiger partial charge in [0, 0.05) is 5.54 Å². The van der Waals surface area contributed by atoms with Crippen LogP contribution in [0.15, 0.2) is 0 Å². The van der Waals surface area contributed by atoms with Gasteiger partial charge in [-0.2, -0.15) is 0 Å². The molecule has 0 spiro atoms. The summed E-state index contributed by atoms with van der Waals surface area (Å²) in [6.07, 6.45) is 2.48. The second-order valence-electron chi connectivity index (χ2n) is 6.07. The molecule has 0 bridgehead atoms. The van der Waals surface area contributed by atoms with Crippen molar-refractivity contribution in [3.63, 3.8) is 0 Å². The molecule has 1 unspecified atom stereocenters. The number of carboxylic acid groups (broad SMARTS) is 1. The summed E-state index contributed by atoms with van der Waals surface area (Å²) in [4.78, 5) is 10.0. The summed E-state index contributed by atoms with van der Waals surface area (Å²) in [5, 5.41) is 8.25. The smallest absolute Gasteiger partial charge is 0.308 e. The number of nitrogens with two attached hydrogens (primary N) is 1. The van der Waals surface area contributed by atoms with E-state index in [1.165, 1.54) is 12.8 Å². The normalized spacial score (nSPS) is 13.8. The molecule has 16 heavy (non-hydrogen) atoms. The van der Waals surface area contributed by atoms with E-state index in [1.54, 1.807) is 20.8 Å². The Labute approximate surface area is 100 Å². The van der Waals surface area contributed by atoms with Crippen molar-refractivity contribution in [1.29, 1.82) is 0 Å². The molecule has 0 saturated heterocycles. The Morgan fingerprint density at radius 2 is 1.56 bits per heavy atom. The van der Waals surface area contributed by atoms with Crippen molar-refractivity contribution in [2.45, 2.75) is 66.8 Å². The van der Waals surface area contributed by atoms with Gasteiger partial charge in [0.15, 0.2) is 0 Å². The second kappa shape index (κ2) is 6.89. The zero-order valence-electron chi connectivity index (χ0n) is 11.9. The predicted molar refractivity (Wildman–Crippen MR) is 69.4 cm³/mol. The molecule has 3 N–H and O–H groups in total. The van der Waals surface area contributed by atoms with E-state index in [9.17, 15) is 4.79 Å². The van der Waals surface area contributed by atoms with Gasteiger partial charge in [-0.15, -0.1) is 0 Å². The molecule has 0 aromatic carbocycles. The van der Waals surface area contributed by atoms with Gasteiger partial charge in [0.25, 0.3) is 0 Å². The van der Waals surface area contributed by atoms with Crippen molar-refractivity contribution in [3.05, 3.63) is 0 Å². The van der Waals surface area contributed by atoms with Gasteiger partial charge in [0.05, 0.1) is 5.41 Å². The summed E-state index contributed by atoms with van der Waals surface area (Å²) in [5.41, 5.74) is 5.29. The summed E-state index contributed by atoms with van der Waals surface area (Å²) in [6, 6.07) is 0. The zero-order valence-corrected chi connectivity index (χ0v) is 11.9. The van der Waals surface area contributed by atoms with Gasteiger partial charge in [-0.3, -0.25) is 4.79 Å². The maximum absolute atomic E-state index is 10.0. The quantitative estimate of drug-likeness (QED) is 0.783. The molecule has 0 aliphatic heterocycles. The van der Waals surface area contributed by atoms with Crippen LogP contribution in [-0.4, -0.2) is 16.6 Å². The third kappa shape index (κ3) is 9.97. The van der Waals surface area contributed by atoms with E-state index in [1.807, 2.05) is 0 Å². The van der Waals surface area contributed by atoms with Crippen molar-refractivity contribution >= 4 is 5.97 Å². The molecule has 0 rings (SSSR count). The van der Waals surface area contributed by atoms with Gasteiger partial charge in [0.2, 0.25) is 0 Å². The number of carboxylic acids is 1. The van der Waals surface area contributed by atoms with Crippen LogP contribution in [0.3, 0.4) is 0 Å². The Balaban J connectivity index is 0. The van der Waals surface area contributed by atoms with E-state index in [0.717, 1.165) is 0 Å². The van der Waals surface area contributed by atoms with Gasteiger partial charge >= 0.3 is 5.97 Å². The lowest BCUT2D eigenvalue weighted by atomic mass is 9.87. The Morgan fingerprint density at radius 1 is 1.25 bits per heavy atom. The van der Waals surface area contributed by atoms with Crippen LogP contribution in [0.4, 0.5) is 0 Å². The Kier molecular flexibility index (Phi) is 7.68. The third-order valence-electron chi connectivity index (χ3n) is 2.63. The van der Waals surface area contributed by atoms with E-state index in [0.29, 0.717) is 5.92 Å². The van der Waals surface area contributed by atoms with Crippen LogP contribution in [0.1, 0.15) is 61.3 Å². The Morgan fingerprint density at radius 3 is 1.62 bits per heavy atom. The van der Waals surface area contributed by atoms with Crippen molar-refractivity contribution in [1.82, 2.24) is 0 Å². The first kappa shape index (κ1) is 17.8. The van der Waals surface area contributed by atoms with Crippen molar-refractivity contribution in [3.8, 4) is 0 Å². The van der Waals surface area contributed by atoms with Crippen molar-refractivity contribution in [2.75, 3.05) is 0 Å². The van der Waals surface area contributed by atoms with Crippen LogP contribution in [0.2, 0.25) is 0 Å². The number of hydrogen-bond acceptors (Lipinski definition) is 2. The minimum Gasteiger partial charge on any atom is -0.481 e. The maximum Gasteiger partial charge on any atom is 0.308 e. The molecule has 0 fully saturated rings. The van der Waals surface area contributed by atoms with E-state index >= 15 is 0 Å². The topological polar surface area (TPSA) is 63.3 Å². The number of carbonyl (C=O) groups is 1. The Bertz CT molecular complexity index is 199. The van der Waals surface area contributed by atoms with E-state index in [4.69, 9.17) is 10.8 Å². The van der Waals surface area contributed by atoms with Crippen LogP contribution >= 0.6 is 0 Å². The summed E-state index contributed by atoms with van der Waals surface area (Å²) in [7, 11) is 0. The lowest BCUT2D eigenvalue weighted by molar-refractivity contribution is -0.145. The molecule has 98 valence electrons. The molecule has 1 atom stereocenters. The molecule has 0 aliphatic carbocycles. The minimum atomic E-state index is -0.757. The largest absolute Gasteiger partial charge is 0.481 e. The summed E-state index contributed by atoms with van der Waals surface area (Å²) >= 11 is 0. The first-order valence-electron chi connectivity index (χ1n) is 5.95. The second-order valence-corrected chi connectivity index (χ2v) is 6.07. The first-order chi connectivity index (χ1) is 6.92. The highest BCUT2D eigenvalue weighted by Crippen LogP contribution is 2.17. The summed E-state index contributed by atoms with van der Waals surface area (Å²) in [6.45, 7) is 13.6. The van der Waals surface area contributed by atoms with Crippen LogP contribution in [0.5, 0.6) is 0 Å². The maximum atomic E-state index is 10.0. The number of rotatable bonds is 3. The Hall–Kier alpha value is -0.570. The average molecular weight is 231 g/mol. The molecule has 0 heterocycles. The molecule has 0 aliphatic rings. The molecule has 0 saturated carbocycles. The van der Waals surface area contributed by atoms with Gasteiger partial charge in [-0.1, -0.05) is 20.3 Å². The lowest BCUT2D eigenvalue weighted by Gasteiger charge is -2.26. The van der Waals surface area contributed by atoms with Crippen LogP contribution in [0, 0.1) is 11.3 Å². The first-order valence-corrected chi connectivity index (χ1v) is 5.95. The predicted octanol–water partition coefficient (Wildman–Crippen LogP) is 3.28. The highest BCUT2D eigenvalue weighted by Gasteiger charge is 2.19. The molecule has 0 amide bonds. The van der Waals surface area contributed by atoms with Crippen molar-refractivity contribution < 1.29 is 9.90 Å². The van der Waals surface area contributed by atoms with Crippen LogP contribution in [0.25, 0.3) is 0 Å². The summed E-state index contributed by atoms with van der Waals surface area (Å²) < 4.78 is 0. The van der Waals surface area contributed by atoms with Crippen LogP contribution in [-0.2, 0) is 4.79 Å². The molecule has 3 heteroatoms. The lowest BCUT2D eigenvalue weighted by Crippen LogP contribution is -2.39. The molecule has 3 nitrogen and oxygen atoms in total. The SMILES string of the molecule is CC(C)(C)C(=O)O.CCCC(C)C(C)(C)N. The molecule has 0 radical (unpaired) electrons. The highest BCUT2D eigenvalue weighted by atomic mass is 16.4. The van der Waals surface area contributed by atoms with Gasteiger partial charge in [-0.25, -0.2) is 0 Å². The highest BCUT2D eigenvalue weighted by molar-refractivity contribution is 5.72. The molecular weight excluding hydrogens is 202 g/mol. The van der Waals surface area contributed by atoms with Crippen LogP contribution < -0.4 is 5.73 Å². The fourth-order valence-electron chi connectivity index (χ4n) is 0.805. The van der Waals surface area contributed by atoms with Gasteiger partial charge in [-0.05, 0) is 47.0 Å². The van der Waals surface area contributed by atoms with Gasteiger partial charge < -0.3 is 10.8 Å². The number of hydrogen-bond donors (Lipinski definition) is 2. The van der Waals surface area contributed by atoms with E-state index in [2.05, 4.69) is 27.7 Å². The fraction of sp³-hybridized carbons (Fsp3) is 0.923. The standard InChI is InChI=1S/C8H19N.C5H10O2/c1-5-6-7(2)8(3,4)9;1-5(2,3)4(6)7/h7H,5-6,9H2,1-4H3;1-3H3,(H,6,7).